The van der Waals surface area contributed by atoms with Gasteiger partial charge < -0.3 is 14.3 Å². The van der Waals surface area contributed by atoms with Crippen LogP contribution in [0.1, 0.15) is 34.3 Å². The second kappa shape index (κ2) is 9.86. The highest BCUT2D eigenvalue weighted by molar-refractivity contribution is 5.83. The molecular weight excluding hydrogens is 485 g/mol. The predicted molar refractivity (Wildman–Crippen MR) is 142 cm³/mol. The Morgan fingerprint density at radius 2 is 1.84 bits per heavy atom. The summed E-state index contributed by atoms with van der Waals surface area (Å²) < 4.78 is 20.7. The first-order valence-corrected chi connectivity index (χ1v) is 12.6. The minimum absolute atomic E-state index is 0.164. The van der Waals surface area contributed by atoms with Crippen LogP contribution >= 0.6 is 0 Å². The van der Waals surface area contributed by atoms with E-state index in [1.807, 2.05) is 32.0 Å². The van der Waals surface area contributed by atoms with Crippen LogP contribution in [-0.2, 0) is 6.54 Å². The van der Waals surface area contributed by atoms with Gasteiger partial charge in [0.1, 0.15) is 24.2 Å². The van der Waals surface area contributed by atoms with Crippen LogP contribution in [0.3, 0.4) is 0 Å². The molecule has 3 aromatic heterocycles. The Morgan fingerprint density at radius 1 is 1.05 bits per heavy atom. The number of piperazine rings is 1. The summed E-state index contributed by atoms with van der Waals surface area (Å²) >= 11 is 0. The number of hydrogen-bond donors (Lipinski definition) is 1. The third-order valence-electron chi connectivity index (χ3n) is 7.18. The lowest BCUT2D eigenvalue weighted by atomic mass is 10.00. The summed E-state index contributed by atoms with van der Waals surface area (Å²) in [4.78, 5) is 21.1. The molecule has 0 aliphatic carbocycles. The monoisotopic (exact) mass is 513 g/mol. The average Bonchev–Trinajstić information content (AvgIpc) is 3.59. The molecule has 1 aliphatic rings. The first-order chi connectivity index (χ1) is 18.5. The summed E-state index contributed by atoms with van der Waals surface area (Å²) in [6.07, 6.45) is 1.62. The van der Waals surface area contributed by atoms with Crippen LogP contribution in [0.4, 0.5) is 10.1 Å². The summed E-state index contributed by atoms with van der Waals surface area (Å²) in [6, 6.07) is 15.9. The van der Waals surface area contributed by atoms with E-state index in [9.17, 15) is 9.18 Å². The number of furan rings is 1. The molecular formula is C28H28FN7O2. The zero-order chi connectivity index (χ0) is 26.2. The van der Waals surface area contributed by atoms with E-state index in [2.05, 4.69) is 42.4 Å². The summed E-state index contributed by atoms with van der Waals surface area (Å²) in [5.41, 5.74) is 4.38. The van der Waals surface area contributed by atoms with E-state index >= 15 is 0 Å². The lowest BCUT2D eigenvalue weighted by molar-refractivity contribution is 0.200. The molecule has 10 heteroatoms. The number of rotatable bonds is 6. The second-order valence-electron chi connectivity index (χ2n) is 9.78. The number of pyridine rings is 1. The van der Waals surface area contributed by atoms with Crippen molar-refractivity contribution in [1.82, 2.24) is 30.1 Å². The minimum atomic E-state index is -0.468. The van der Waals surface area contributed by atoms with Crippen molar-refractivity contribution < 1.29 is 8.81 Å². The number of halogens is 1. The fourth-order valence-corrected chi connectivity index (χ4v) is 5.37. The van der Waals surface area contributed by atoms with Crippen LogP contribution in [0.5, 0.6) is 0 Å². The molecule has 6 rings (SSSR count). The number of aryl methyl sites for hydroxylation is 2. The highest BCUT2D eigenvalue weighted by Gasteiger charge is 2.33. The molecule has 0 amide bonds. The zero-order valence-electron chi connectivity index (χ0n) is 21.3. The molecule has 1 atom stereocenters. The Bertz CT molecular complexity index is 1620. The van der Waals surface area contributed by atoms with Gasteiger partial charge in [-0.25, -0.2) is 9.07 Å². The molecule has 194 valence electrons. The van der Waals surface area contributed by atoms with Crippen LogP contribution < -0.4 is 10.5 Å². The molecule has 9 nitrogen and oxygen atoms in total. The molecule has 1 N–H and O–H groups in total. The van der Waals surface area contributed by atoms with E-state index in [0.29, 0.717) is 44.1 Å². The number of nitrogens with one attached hydrogen (secondary N) is 1. The van der Waals surface area contributed by atoms with Crippen molar-refractivity contribution in [3.05, 3.63) is 105 Å². The minimum Gasteiger partial charge on any atom is -0.467 e. The first kappa shape index (κ1) is 24.1. The number of nitrogens with zero attached hydrogens (tertiary/aromatic N) is 6. The van der Waals surface area contributed by atoms with Crippen LogP contribution in [-0.4, -0.2) is 56.3 Å². The van der Waals surface area contributed by atoms with Gasteiger partial charge in [0.2, 0.25) is 0 Å². The van der Waals surface area contributed by atoms with Gasteiger partial charge in [0.25, 0.3) is 5.56 Å². The SMILES string of the molecule is Cc1cc(C)c2[nH]c(=O)c([C@@H](c3nnnn3Cc3ccco3)N3CCN(c4ccc(F)cc4)CC3)cc2c1. The quantitative estimate of drug-likeness (QED) is 0.369. The van der Waals surface area contributed by atoms with Gasteiger partial charge in [-0.05, 0) is 83.8 Å². The Morgan fingerprint density at radius 3 is 2.58 bits per heavy atom. The number of aromatic nitrogens is 5. The molecule has 1 fully saturated rings. The molecule has 5 aromatic rings. The van der Waals surface area contributed by atoms with Crippen molar-refractivity contribution in [1.29, 1.82) is 0 Å². The highest BCUT2D eigenvalue weighted by atomic mass is 19.1. The number of tetrazole rings is 1. The summed E-state index contributed by atoms with van der Waals surface area (Å²) in [5, 5.41) is 13.6. The second-order valence-corrected chi connectivity index (χ2v) is 9.78. The van der Waals surface area contributed by atoms with Crippen molar-refractivity contribution in [2.45, 2.75) is 26.4 Å². The van der Waals surface area contributed by atoms with Gasteiger partial charge in [0.05, 0.1) is 11.8 Å². The first-order valence-electron chi connectivity index (χ1n) is 12.6. The maximum Gasteiger partial charge on any atom is 0.253 e. The molecule has 38 heavy (non-hydrogen) atoms. The average molecular weight is 514 g/mol. The maximum atomic E-state index is 13.6. The van der Waals surface area contributed by atoms with Crippen molar-refractivity contribution in [3.8, 4) is 0 Å². The summed E-state index contributed by atoms with van der Waals surface area (Å²) in [6.45, 7) is 7.16. The fraction of sp³-hybridized carbons (Fsp3) is 0.286. The van der Waals surface area contributed by atoms with E-state index in [0.717, 1.165) is 33.5 Å². The van der Waals surface area contributed by atoms with E-state index in [1.54, 1.807) is 23.1 Å². The van der Waals surface area contributed by atoms with Crippen LogP contribution in [0.15, 0.2) is 70.1 Å². The maximum absolute atomic E-state index is 13.6. The van der Waals surface area contributed by atoms with Gasteiger partial charge in [-0.1, -0.05) is 11.6 Å². The van der Waals surface area contributed by atoms with Crippen molar-refractivity contribution in [3.63, 3.8) is 0 Å². The van der Waals surface area contributed by atoms with Crippen molar-refractivity contribution in [2.24, 2.45) is 0 Å². The Labute approximate surface area is 218 Å². The molecule has 0 saturated carbocycles. The van der Waals surface area contributed by atoms with Crippen LogP contribution in [0.25, 0.3) is 10.9 Å². The third kappa shape index (κ3) is 4.58. The standard InChI is InChI=1S/C28H28FN7O2/c1-18-14-19(2)25-20(15-18)16-24(28(37)30-25)26(27-31-32-33-36(27)17-23-4-3-13-38-23)35-11-9-34(10-12-35)22-7-5-21(29)6-8-22/h3-8,13-16,26H,9-12,17H2,1-2H3,(H,30,37)/t26-/m0/s1. The molecule has 0 bridgehead atoms. The van der Waals surface area contributed by atoms with Crippen molar-refractivity contribution >= 4 is 16.6 Å². The number of fused-ring (bicyclic) bond motifs is 1. The van der Waals surface area contributed by atoms with Gasteiger partial charge >= 0.3 is 0 Å². The van der Waals surface area contributed by atoms with Gasteiger partial charge in [-0.2, -0.15) is 0 Å². The fourth-order valence-electron chi connectivity index (χ4n) is 5.37. The predicted octanol–water partition coefficient (Wildman–Crippen LogP) is 3.82. The largest absolute Gasteiger partial charge is 0.467 e. The molecule has 0 spiro atoms. The number of aromatic amines is 1. The van der Waals surface area contributed by atoms with Gasteiger partial charge in [0.15, 0.2) is 5.82 Å². The van der Waals surface area contributed by atoms with E-state index in [-0.39, 0.29) is 11.4 Å². The molecule has 0 radical (unpaired) electrons. The lowest BCUT2D eigenvalue weighted by Gasteiger charge is -2.39. The van der Waals surface area contributed by atoms with Crippen LogP contribution in [0, 0.1) is 19.7 Å². The lowest BCUT2D eigenvalue weighted by Crippen LogP contribution is -2.49. The van der Waals surface area contributed by atoms with Gasteiger partial charge in [-0.15, -0.1) is 5.10 Å². The van der Waals surface area contributed by atoms with E-state index in [4.69, 9.17) is 4.42 Å². The smallest absolute Gasteiger partial charge is 0.253 e. The Kier molecular flexibility index (Phi) is 6.24. The summed E-state index contributed by atoms with van der Waals surface area (Å²) in [7, 11) is 0. The molecule has 0 unspecified atom stereocenters. The summed E-state index contributed by atoms with van der Waals surface area (Å²) in [5.74, 6) is 1.04. The normalized spacial score (nSPS) is 15.3. The van der Waals surface area contributed by atoms with E-state index in [1.165, 1.54) is 12.1 Å². The Hall–Kier alpha value is -4.31. The number of anilines is 1. The Balaban J connectivity index is 1.40. The number of hydrogen-bond acceptors (Lipinski definition) is 7. The number of H-pyrrole nitrogens is 1. The molecule has 4 heterocycles. The topological polar surface area (TPSA) is 96.1 Å². The third-order valence-corrected chi connectivity index (χ3v) is 7.18. The van der Waals surface area contributed by atoms with Crippen LogP contribution in [0.2, 0.25) is 0 Å². The van der Waals surface area contributed by atoms with Gasteiger partial charge in [-0.3, -0.25) is 9.69 Å². The number of benzene rings is 2. The molecule has 1 aliphatic heterocycles. The van der Waals surface area contributed by atoms with Crippen molar-refractivity contribution in [2.75, 3.05) is 31.1 Å². The molecule has 2 aromatic carbocycles. The van der Waals surface area contributed by atoms with E-state index < -0.39 is 6.04 Å². The zero-order valence-corrected chi connectivity index (χ0v) is 21.3. The molecule has 1 saturated heterocycles. The highest BCUT2D eigenvalue weighted by Crippen LogP contribution is 2.30. The van der Waals surface area contributed by atoms with Gasteiger partial charge in [0, 0.05) is 37.4 Å².